The summed E-state index contributed by atoms with van der Waals surface area (Å²) in [5.41, 5.74) is 1.02. The van der Waals surface area contributed by atoms with Crippen molar-refractivity contribution in [2.45, 2.75) is 29.9 Å². The Morgan fingerprint density at radius 3 is 2.54 bits per heavy atom. The first-order chi connectivity index (χ1) is 12.2. The minimum atomic E-state index is -4.70. The minimum Gasteiger partial charge on any atom is -0.497 e. The summed E-state index contributed by atoms with van der Waals surface area (Å²) >= 11 is 0.802. The van der Waals surface area contributed by atoms with Gasteiger partial charge in [0.2, 0.25) is 11.1 Å². The summed E-state index contributed by atoms with van der Waals surface area (Å²) in [6.45, 7) is 1.94. The maximum absolute atomic E-state index is 12.6. The first-order valence-electron chi connectivity index (χ1n) is 7.57. The van der Waals surface area contributed by atoms with Crippen molar-refractivity contribution in [3.05, 3.63) is 35.7 Å². The SMILES string of the molecule is COc1ccc(CCNC(=O)C(C)Sc2nnc(C(F)(F)F)n2N)cc1. The van der Waals surface area contributed by atoms with E-state index in [-0.39, 0.29) is 11.1 Å². The molecule has 7 nitrogen and oxygen atoms in total. The van der Waals surface area contributed by atoms with Gasteiger partial charge in [0.1, 0.15) is 5.75 Å². The van der Waals surface area contributed by atoms with Crippen LogP contribution in [0, 0.1) is 0 Å². The second kappa shape index (κ2) is 8.30. The highest BCUT2D eigenvalue weighted by Gasteiger charge is 2.38. The van der Waals surface area contributed by atoms with E-state index in [0.29, 0.717) is 17.6 Å². The van der Waals surface area contributed by atoms with Crippen LogP contribution in [0.3, 0.4) is 0 Å². The molecule has 0 spiro atoms. The molecular weight excluding hydrogens is 371 g/mol. The van der Waals surface area contributed by atoms with Gasteiger partial charge >= 0.3 is 6.18 Å². The van der Waals surface area contributed by atoms with Crippen molar-refractivity contribution in [3.8, 4) is 5.75 Å². The average molecular weight is 389 g/mol. The third-order valence-electron chi connectivity index (χ3n) is 3.44. The van der Waals surface area contributed by atoms with Gasteiger partial charge < -0.3 is 15.9 Å². The Bertz CT molecular complexity index is 749. The summed E-state index contributed by atoms with van der Waals surface area (Å²) < 4.78 is 43.3. The second-order valence-corrected chi connectivity index (χ2v) is 6.63. The van der Waals surface area contributed by atoms with Crippen molar-refractivity contribution < 1.29 is 22.7 Å². The van der Waals surface area contributed by atoms with Crippen LogP contribution < -0.4 is 15.9 Å². The van der Waals surface area contributed by atoms with Gasteiger partial charge in [-0.05, 0) is 31.0 Å². The molecule has 0 saturated heterocycles. The highest BCUT2D eigenvalue weighted by molar-refractivity contribution is 8.00. The van der Waals surface area contributed by atoms with Crippen LogP contribution in [-0.2, 0) is 17.4 Å². The number of carbonyl (C=O) groups is 1. The lowest BCUT2D eigenvalue weighted by Gasteiger charge is -2.12. The first-order valence-corrected chi connectivity index (χ1v) is 8.45. The number of aromatic nitrogens is 3. The number of nitrogen functional groups attached to an aromatic ring is 1. The molecule has 2 rings (SSSR count). The van der Waals surface area contributed by atoms with Crippen molar-refractivity contribution >= 4 is 17.7 Å². The van der Waals surface area contributed by atoms with E-state index < -0.39 is 17.3 Å². The Morgan fingerprint density at radius 2 is 2.00 bits per heavy atom. The highest BCUT2D eigenvalue weighted by atomic mass is 32.2. The number of halogens is 3. The van der Waals surface area contributed by atoms with Crippen molar-refractivity contribution in [2.24, 2.45) is 0 Å². The van der Waals surface area contributed by atoms with Crippen LogP contribution in [0.15, 0.2) is 29.4 Å². The average Bonchev–Trinajstić information content (AvgIpc) is 2.96. The van der Waals surface area contributed by atoms with Crippen LogP contribution in [-0.4, -0.2) is 39.7 Å². The predicted molar refractivity (Wildman–Crippen MR) is 90.2 cm³/mol. The van der Waals surface area contributed by atoms with Crippen molar-refractivity contribution in [3.63, 3.8) is 0 Å². The third-order valence-corrected chi connectivity index (χ3v) is 4.50. The number of hydrogen-bond acceptors (Lipinski definition) is 6. The number of nitrogens with one attached hydrogen (secondary N) is 1. The van der Waals surface area contributed by atoms with Gasteiger partial charge in [0.15, 0.2) is 0 Å². The van der Waals surface area contributed by atoms with E-state index in [4.69, 9.17) is 10.6 Å². The van der Waals surface area contributed by atoms with Crippen LogP contribution in [0.25, 0.3) is 0 Å². The lowest BCUT2D eigenvalue weighted by molar-refractivity contribution is -0.146. The van der Waals surface area contributed by atoms with E-state index in [2.05, 4.69) is 15.5 Å². The van der Waals surface area contributed by atoms with Gasteiger partial charge in [-0.2, -0.15) is 13.2 Å². The largest absolute Gasteiger partial charge is 0.497 e. The van der Waals surface area contributed by atoms with Crippen molar-refractivity contribution in [1.29, 1.82) is 0 Å². The second-order valence-electron chi connectivity index (χ2n) is 5.32. The fourth-order valence-electron chi connectivity index (χ4n) is 2.03. The zero-order valence-electron chi connectivity index (χ0n) is 14.1. The maximum atomic E-state index is 12.6. The highest BCUT2D eigenvalue weighted by Crippen LogP contribution is 2.30. The van der Waals surface area contributed by atoms with E-state index in [1.54, 1.807) is 14.0 Å². The van der Waals surface area contributed by atoms with Crippen LogP contribution in [0.4, 0.5) is 13.2 Å². The number of amides is 1. The number of thioether (sulfide) groups is 1. The topological polar surface area (TPSA) is 95.1 Å². The number of carbonyl (C=O) groups excluding carboxylic acids is 1. The Kier molecular flexibility index (Phi) is 6.35. The molecule has 0 aliphatic rings. The molecule has 0 fully saturated rings. The quantitative estimate of drug-likeness (QED) is 0.554. The van der Waals surface area contributed by atoms with Crippen LogP contribution >= 0.6 is 11.8 Å². The number of benzene rings is 1. The molecule has 1 aromatic heterocycles. The lowest BCUT2D eigenvalue weighted by atomic mass is 10.1. The molecule has 0 radical (unpaired) electrons. The molecule has 11 heteroatoms. The van der Waals surface area contributed by atoms with Crippen molar-refractivity contribution in [1.82, 2.24) is 20.2 Å². The molecule has 1 amide bonds. The van der Waals surface area contributed by atoms with E-state index in [9.17, 15) is 18.0 Å². The summed E-state index contributed by atoms with van der Waals surface area (Å²) in [5.74, 6) is 4.44. The van der Waals surface area contributed by atoms with Crippen LogP contribution in [0.1, 0.15) is 18.3 Å². The zero-order chi connectivity index (χ0) is 19.3. The van der Waals surface area contributed by atoms with Gasteiger partial charge in [0, 0.05) is 6.54 Å². The molecule has 0 aliphatic carbocycles. The Morgan fingerprint density at radius 1 is 1.35 bits per heavy atom. The Balaban J connectivity index is 1.85. The normalized spacial score (nSPS) is 12.7. The molecule has 2 aromatic rings. The van der Waals surface area contributed by atoms with E-state index >= 15 is 0 Å². The molecule has 1 atom stereocenters. The van der Waals surface area contributed by atoms with Gasteiger partial charge in [-0.15, -0.1) is 10.2 Å². The molecule has 1 heterocycles. The summed E-state index contributed by atoms with van der Waals surface area (Å²) in [4.78, 5) is 12.1. The molecule has 3 N–H and O–H groups in total. The number of nitrogens with two attached hydrogens (primary N) is 1. The number of methoxy groups -OCH3 is 1. The van der Waals surface area contributed by atoms with Crippen LogP contribution in [0.5, 0.6) is 5.75 Å². The van der Waals surface area contributed by atoms with E-state index in [0.717, 1.165) is 23.1 Å². The van der Waals surface area contributed by atoms with Crippen LogP contribution in [0.2, 0.25) is 0 Å². The zero-order valence-corrected chi connectivity index (χ0v) is 14.9. The number of alkyl halides is 3. The molecule has 0 saturated carbocycles. The van der Waals surface area contributed by atoms with E-state index in [1.807, 2.05) is 24.3 Å². The number of hydrogen-bond donors (Lipinski definition) is 2. The van der Waals surface area contributed by atoms with Gasteiger partial charge in [-0.1, -0.05) is 23.9 Å². The lowest BCUT2D eigenvalue weighted by Crippen LogP contribution is -2.33. The molecule has 26 heavy (non-hydrogen) atoms. The van der Waals surface area contributed by atoms with E-state index in [1.165, 1.54) is 0 Å². The van der Waals surface area contributed by atoms with Gasteiger partial charge in [0.05, 0.1) is 12.4 Å². The number of ether oxygens (including phenoxy) is 1. The van der Waals surface area contributed by atoms with Gasteiger partial charge in [0.25, 0.3) is 5.82 Å². The molecule has 1 unspecified atom stereocenters. The summed E-state index contributed by atoms with van der Waals surface area (Å²) in [7, 11) is 1.58. The number of rotatable bonds is 7. The summed E-state index contributed by atoms with van der Waals surface area (Å²) in [6, 6.07) is 7.42. The van der Waals surface area contributed by atoms with Crippen molar-refractivity contribution in [2.75, 3.05) is 19.5 Å². The minimum absolute atomic E-state index is 0.185. The third kappa shape index (κ3) is 5.04. The molecule has 0 bridgehead atoms. The van der Waals surface area contributed by atoms with Gasteiger partial charge in [-0.25, -0.2) is 4.68 Å². The molecule has 142 valence electrons. The monoisotopic (exact) mass is 389 g/mol. The Hall–Kier alpha value is -2.43. The number of nitrogens with zero attached hydrogens (tertiary/aromatic N) is 3. The maximum Gasteiger partial charge on any atom is 0.453 e. The predicted octanol–water partition coefficient (Wildman–Crippen LogP) is 1.86. The first kappa shape index (κ1) is 19.9. The smallest absolute Gasteiger partial charge is 0.453 e. The fourth-order valence-corrected chi connectivity index (χ4v) is 2.82. The van der Waals surface area contributed by atoms with Gasteiger partial charge in [-0.3, -0.25) is 4.79 Å². The summed E-state index contributed by atoms with van der Waals surface area (Å²) in [5, 5.41) is 8.26. The molecular formula is C15H18F3N5O2S. The standard InChI is InChI=1S/C15H18F3N5O2S/c1-9(26-14-22-21-13(23(14)19)15(16,17)18)12(24)20-8-7-10-3-5-11(25-2)6-4-10/h3-6,9H,7-8,19H2,1-2H3,(H,20,24). The molecule has 1 aromatic carbocycles. The Labute approximate surface area is 152 Å². The fraction of sp³-hybridized carbons (Fsp3) is 0.400. The molecule has 0 aliphatic heterocycles. The summed E-state index contributed by atoms with van der Waals surface area (Å²) in [6.07, 6.45) is -4.09.